The van der Waals surface area contributed by atoms with E-state index in [-0.39, 0.29) is 5.95 Å². The smallest absolute Gasteiger partial charge is 0.226 e. The number of nitrogen functional groups attached to an aromatic ring is 1. The molecule has 3 aromatic rings. The molecule has 0 bridgehead atoms. The van der Waals surface area contributed by atoms with Crippen LogP contribution < -0.4 is 10.6 Å². The zero-order valence-electron chi connectivity index (χ0n) is 13.8. The summed E-state index contributed by atoms with van der Waals surface area (Å²) in [4.78, 5) is 23.1. The second-order valence-corrected chi connectivity index (χ2v) is 5.74. The molecule has 4 heterocycles. The molecule has 3 aromatic heterocycles. The lowest BCUT2D eigenvalue weighted by Gasteiger charge is -2.27. The molecule has 8 nitrogen and oxygen atoms in total. The van der Waals surface area contributed by atoms with Gasteiger partial charge in [-0.3, -0.25) is 0 Å². The zero-order valence-corrected chi connectivity index (χ0v) is 13.8. The lowest BCUT2D eigenvalue weighted by molar-refractivity contribution is 0.122. The Bertz CT molecular complexity index is 832. The summed E-state index contributed by atoms with van der Waals surface area (Å²) in [6.45, 7) is 2.63. The third-order valence-corrected chi connectivity index (χ3v) is 4.00. The number of ether oxygens (including phenoxy) is 1. The van der Waals surface area contributed by atoms with Crippen LogP contribution in [0.2, 0.25) is 0 Å². The molecule has 0 aliphatic carbocycles. The van der Waals surface area contributed by atoms with Crippen LogP contribution in [0.15, 0.2) is 36.8 Å². The quantitative estimate of drug-likeness (QED) is 0.708. The summed E-state index contributed by atoms with van der Waals surface area (Å²) < 4.78 is 18.6. The highest BCUT2D eigenvalue weighted by atomic mass is 19.1. The van der Waals surface area contributed by atoms with Gasteiger partial charge in [-0.25, -0.2) is 24.9 Å². The van der Waals surface area contributed by atoms with Gasteiger partial charge in [-0.05, 0) is 18.2 Å². The summed E-state index contributed by atoms with van der Waals surface area (Å²) >= 11 is 0. The summed E-state index contributed by atoms with van der Waals surface area (Å²) in [7, 11) is 0. The fourth-order valence-corrected chi connectivity index (χ4v) is 2.63. The molecule has 0 saturated carbocycles. The average molecular weight is 353 g/mol. The van der Waals surface area contributed by atoms with Crippen molar-refractivity contribution in [3.63, 3.8) is 0 Å². The van der Waals surface area contributed by atoms with Crippen molar-refractivity contribution in [2.75, 3.05) is 36.9 Å². The molecule has 0 amide bonds. The first-order valence-corrected chi connectivity index (χ1v) is 8.10. The number of halogens is 1. The van der Waals surface area contributed by atoms with Gasteiger partial charge in [0, 0.05) is 42.8 Å². The predicted octanol–water partition coefficient (Wildman–Crippen LogP) is 1.55. The third kappa shape index (κ3) is 3.42. The van der Waals surface area contributed by atoms with Crippen molar-refractivity contribution in [2.24, 2.45) is 0 Å². The fraction of sp³-hybridized carbons (Fsp3) is 0.235. The molecule has 1 aliphatic heterocycles. The maximum atomic E-state index is 13.2. The summed E-state index contributed by atoms with van der Waals surface area (Å²) in [6, 6.07) is 4.74. The number of aromatic nitrogens is 5. The first kappa shape index (κ1) is 16.3. The molecule has 0 spiro atoms. The van der Waals surface area contributed by atoms with Gasteiger partial charge in [0.2, 0.25) is 17.8 Å². The second-order valence-electron chi connectivity index (χ2n) is 5.74. The van der Waals surface area contributed by atoms with Crippen LogP contribution >= 0.6 is 0 Å². The monoisotopic (exact) mass is 353 g/mol. The van der Waals surface area contributed by atoms with E-state index < -0.39 is 5.95 Å². The molecular formula is C17H16FN7O. The highest BCUT2D eigenvalue weighted by molar-refractivity contribution is 5.68. The topological polar surface area (TPSA) is 103 Å². The number of morpholine rings is 1. The summed E-state index contributed by atoms with van der Waals surface area (Å²) in [6.07, 6.45) is 4.67. The molecule has 0 unspecified atom stereocenters. The van der Waals surface area contributed by atoms with Crippen LogP contribution in [0, 0.1) is 5.95 Å². The number of nitrogens with two attached hydrogens (primary N) is 1. The molecule has 0 radical (unpaired) electrons. The Labute approximate surface area is 148 Å². The Morgan fingerprint density at radius 3 is 2.23 bits per heavy atom. The van der Waals surface area contributed by atoms with E-state index in [1.807, 2.05) is 4.90 Å². The van der Waals surface area contributed by atoms with E-state index in [1.165, 1.54) is 12.3 Å². The Morgan fingerprint density at radius 2 is 1.58 bits per heavy atom. The lowest BCUT2D eigenvalue weighted by Crippen LogP contribution is -2.37. The minimum absolute atomic E-state index is 0.194. The first-order valence-electron chi connectivity index (χ1n) is 8.10. The zero-order chi connectivity index (χ0) is 17.9. The SMILES string of the molecule is Nc1ncc(-c2cc(-c3ccc(F)nc3)nc(N3CCOCC3)n2)cn1. The molecule has 9 heteroatoms. The number of anilines is 2. The molecule has 132 valence electrons. The van der Waals surface area contributed by atoms with Gasteiger partial charge in [0.05, 0.1) is 24.6 Å². The van der Waals surface area contributed by atoms with Gasteiger partial charge >= 0.3 is 0 Å². The van der Waals surface area contributed by atoms with Crippen LogP contribution in [0.25, 0.3) is 22.5 Å². The van der Waals surface area contributed by atoms with Crippen molar-refractivity contribution in [3.05, 3.63) is 42.7 Å². The summed E-state index contributed by atoms with van der Waals surface area (Å²) in [5.41, 5.74) is 8.27. The lowest BCUT2D eigenvalue weighted by atomic mass is 10.1. The molecule has 1 fully saturated rings. The number of hydrogen-bond acceptors (Lipinski definition) is 8. The van der Waals surface area contributed by atoms with Crippen LogP contribution in [0.5, 0.6) is 0 Å². The van der Waals surface area contributed by atoms with E-state index in [9.17, 15) is 4.39 Å². The van der Waals surface area contributed by atoms with Crippen LogP contribution in [0.4, 0.5) is 16.3 Å². The molecule has 26 heavy (non-hydrogen) atoms. The van der Waals surface area contributed by atoms with Gasteiger partial charge in [-0.15, -0.1) is 0 Å². The number of nitrogens with zero attached hydrogens (tertiary/aromatic N) is 6. The van der Waals surface area contributed by atoms with Crippen molar-refractivity contribution in [1.82, 2.24) is 24.9 Å². The van der Waals surface area contributed by atoms with Gasteiger partial charge in [0.1, 0.15) is 0 Å². The van der Waals surface area contributed by atoms with E-state index in [4.69, 9.17) is 10.5 Å². The average Bonchev–Trinajstić information content (AvgIpc) is 2.69. The van der Waals surface area contributed by atoms with E-state index in [0.717, 1.165) is 0 Å². The Balaban J connectivity index is 1.80. The van der Waals surface area contributed by atoms with E-state index >= 15 is 0 Å². The van der Waals surface area contributed by atoms with E-state index in [1.54, 1.807) is 24.5 Å². The maximum absolute atomic E-state index is 13.2. The Morgan fingerprint density at radius 1 is 0.923 bits per heavy atom. The number of pyridine rings is 1. The molecule has 4 rings (SSSR count). The normalized spacial score (nSPS) is 14.4. The van der Waals surface area contributed by atoms with Gasteiger partial charge in [0.25, 0.3) is 0 Å². The predicted molar refractivity (Wildman–Crippen MR) is 93.7 cm³/mol. The minimum atomic E-state index is -0.539. The number of hydrogen-bond donors (Lipinski definition) is 1. The Hall–Kier alpha value is -3.20. The molecule has 1 saturated heterocycles. The van der Waals surface area contributed by atoms with Gasteiger partial charge < -0.3 is 15.4 Å². The molecule has 0 aromatic carbocycles. The van der Waals surface area contributed by atoms with Crippen molar-refractivity contribution in [1.29, 1.82) is 0 Å². The minimum Gasteiger partial charge on any atom is -0.378 e. The number of rotatable bonds is 3. The van der Waals surface area contributed by atoms with Crippen LogP contribution in [0.3, 0.4) is 0 Å². The van der Waals surface area contributed by atoms with Crippen LogP contribution in [0.1, 0.15) is 0 Å². The molecule has 2 N–H and O–H groups in total. The van der Waals surface area contributed by atoms with E-state index in [2.05, 4.69) is 24.9 Å². The molecule has 0 atom stereocenters. The standard InChI is InChI=1S/C17H16FN7O/c18-15-2-1-11(8-20-15)13-7-14(12-9-21-16(19)22-10-12)24-17(23-13)25-3-5-26-6-4-25/h1-2,7-10H,3-6H2,(H2,19,21,22). The fourth-order valence-electron chi connectivity index (χ4n) is 2.63. The van der Waals surface area contributed by atoms with Gasteiger partial charge in [-0.1, -0.05) is 0 Å². The largest absolute Gasteiger partial charge is 0.378 e. The van der Waals surface area contributed by atoms with Crippen molar-refractivity contribution >= 4 is 11.9 Å². The Kier molecular flexibility index (Phi) is 4.36. The maximum Gasteiger partial charge on any atom is 0.226 e. The van der Waals surface area contributed by atoms with Crippen molar-refractivity contribution in [3.8, 4) is 22.5 Å². The second kappa shape index (κ2) is 6.96. The third-order valence-electron chi connectivity index (χ3n) is 4.00. The highest BCUT2D eigenvalue weighted by Gasteiger charge is 2.17. The highest BCUT2D eigenvalue weighted by Crippen LogP contribution is 2.26. The van der Waals surface area contributed by atoms with E-state index in [0.29, 0.717) is 54.8 Å². The van der Waals surface area contributed by atoms with Gasteiger partial charge in [0.15, 0.2) is 0 Å². The molecular weight excluding hydrogens is 337 g/mol. The first-order chi connectivity index (χ1) is 12.7. The van der Waals surface area contributed by atoms with Crippen LogP contribution in [-0.4, -0.2) is 51.2 Å². The van der Waals surface area contributed by atoms with Crippen LogP contribution in [-0.2, 0) is 4.74 Å². The summed E-state index contributed by atoms with van der Waals surface area (Å²) in [5.74, 6) is 0.226. The summed E-state index contributed by atoms with van der Waals surface area (Å²) in [5, 5.41) is 0. The molecule has 1 aliphatic rings. The van der Waals surface area contributed by atoms with Crippen molar-refractivity contribution < 1.29 is 9.13 Å². The van der Waals surface area contributed by atoms with Gasteiger partial charge in [-0.2, -0.15) is 4.39 Å². The van der Waals surface area contributed by atoms with Crippen molar-refractivity contribution in [2.45, 2.75) is 0 Å².